The monoisotopic (exact) mass is 185 g/mol. The lowest BCUT2D eigenvalue weighted by atomic mass is 10.4. The summed E-state index contributed by atoms with van der Waals surface area (Å²) in [7, 11) is 0. The Morgan fingerprint density at radius 1 is 1.31 bits per heavy atom. The number of nitrogens with zero attached hydrogens (tertiary/aromatic N) is 2. The SMILES string of the molecule is CCN(CC)C(=O)N1CCNCC1. The molecule has 1 saturated heterocycles. The van der Waals surface area contributed by atoms with Crippen LogP contribution in [0.1, 0.15) is 13.8 Å². The lowest BCUT2D eigenvalue weighted by Crippen LogP contribution is -2.51. The van der Waals surface area contributed by atoms with Crippen molar-refractivity contribution in [3.05, 3.63) is 0 Å². The second-order valence-electron chi connectivity index (χ2n) is 3.19. The molecule has 1 rings (SSSR count). The van der Waals surface area contributed by atoms with Crippen molar-refractivity contribution in [3.8, 4) is 0 Å². The van der Waals surface area contributed by atoms with Crippen LogP contribution in [0.3, 0.4) is 0 Å². The Morgan fingerprint density at radius 2 is 1.85 bits per heavy atom. The van der Waals surface area contributed by atoms with E-state index < -0.39 is 0 Å². The third-order valence-electron chi connectivity index (χ3n) is 2.42. The minimum absolute atomic E-state index is 0.187. The first-order valence-electron chi connectivity index (χ1n) is 5.04. The predicted molar refractivity (Wildman–Crippen MR) is 52.8 cm³/mol. The van der Waals surface area contributed by atoms with Crippen molar-refractivity contribution in [2.75, 3.05) is 39.3 Å². The summed E-state index contributed by atoms with van der Waals surface area (Å²) < 4.78 is 0. The fraction of sp³-hybridized carbons (Fsp3) is 0.889. The molecule has 0 aliphatic carbocycles. The summed E-state index contributed by atoms with van der Waals surface area (Å²) in [5.41, 5.74) is 0. The van der Waals surface area contributed by atoms with E-state index in [1.165, 1.54) is 0 Å². The summed E-state index contributed by atoms with van der Waals surface area (Å²) in [4.78, 5) is 15.6. The zero-order valence-corrected chi connectivity index (χ0v) is 8.55. The van der Waals surface area contributed by atoms with E-state index in [4.69, 9.17) is 0 Å². The Balaban J connectivity index is 2.44. The highest BCUT2D eigenvalue weighted by atomic mass is 16.2. The van der Waals surface area contributed by atoms with Crippen LogP contribution in [0.15, 0.2) is 0 Å². The van der Waals surface area contributed by atoms with Gasteiger partial charge in [-0.15, -0.1) is 0 Å². The van der Waals surface area contributed by atoms with E-state index in [0.717, 1.165) is 39.3 Å². The van der Waals surface area contributed by atoms with Crippen LogP contribution in [0.4, 0.5) is 4.79 Å². The number of urea groups is 1. The van der Waals surface area contributed by atoms with Gasteiger partial charge < -0.3 is 15.1 Å². The lowest BCUT2D eigenvalue weighted by molar-refractivity contribution is 0.151. The van der Waals surface area contributed by atoms with E-state index in [0.29, 0.717) is 0 Å². The van der Waals surface area contributed by atoms with Crippen LogP contribution in [0.2, 0.25) is 0 Å². The van der Waals surface area contributed by atoms with Gasteiger partial charge in [0.15, 0.2) is 0 Å². The zero-order chi connectivity index (χ0) is 9.68. The Hall–Kier alpha value is -0.770. The van der Waals surface area contributed by atoms with Gasteiger partial charge in [0.2, 0.25) is 0 Å². The number of carbonyl (C=O) groups is 1. The second kappa shape index (κ2) is 5.07. The molecule has 4 heteroatoms. The van der Waals surface area contributed by atoms with Crippen LogP contribution in [-0.4, -0.2) is 55.1 Å². The van der Waals surface area contributed by atoms with Crippen molar-refractivity contribution in [1.29, 1.82) is 0 Å². The van der Waals surface area contributed by atoms with E-state index in [9.17, 15) is 4.79 Å². The van der Waals surface area contributed by atoms with Crippen molar-refractivity contribution >= 4 is 6.03 Å². The molecule has 2 amide bonds. The summed E-state index contributed by atoms with van der Waals surface area (Å²) >= 11 is 0. The number of rotatable bonds is 2. The molecule has 0 bridgehead atoms. The third-order valence-corrected chi connectivity index (χ3v) is 2.42. The Kier molecular flexibility index (Phi) is 4.02. The molecule has 0 saturated carbocycles. The van der Waals surface area contributed by atoms with Crippen molar-refractivity contribution in [1.82, 2.24) is 15.1 Å². The van der Waals surface area contributed by atoms with Gasteiger partial charge in [-0.2, -0.15) is 0 Å². The maximum atomic E-state index is 11.8. The van der Waals surface area contributed by atoms with Crippen LogP contribution in [-0.2, 0) is 0 Å². The molecule has 4 nitrogen and oxygen atoms in total. The molecule has 0 spiro atoms. The quantitative estimate of drug-likeness (QED) is 0.674. The van der Waals surface area contributed by atoms with Crippen molar-refractivity contribution in [2.45, 2.75) is 13.8 Å². The van der Waals surface area contributed by atoms with Crippen molar-refractivity contribution in [3.63, 3.8) is 0 Å². The molecule has 0 atom stereocenters. The van der Waals surface area contributed by atoms with Gasteiger partial charge in [0.05, 0.1) is 0 Å². The fourth-order valence-electron chi connectivity index (χ4n) is 1.55. The molecular formula is C9H19N3O. The standard InChI is InChI=1S/C9H19N3O/c1-3-11(4-2)9(13)12-7-5-10-6-8-12/h10H,3-8H2,1-2H3. The Labute approximate surface area is 79.9 Å². The van der Waals surface area contributed by atoms with Gasteiger partial charge in [0.25, 0.3) is 0 Å². The number of piperazine rings is 1. The number of hydrogen-bond acceptors (Lipinski definition) is 2. The molecule has 0 radical (unpaired) electrons. The van der Waals surface area contributed by atoms with Crippen molar-refractivity contribution < 1.29 is 4.79 Å². The number of hydrogen-bond donors (Lipinski definition) is 1. The molecule has 0 aromatic carbocycles. The second-order valence-corrected chi connectivity index (χ2v) is 3.19. The molecule has 1 heterocycles. The smallest absolute Gasteiger partial charge is 0.320 e. The number of nitrogens with one attached hydrogen (secondary N) is 1. The first kappa shape index (κ1) is 10.3. The van der Waals surface area contributed by atoms with Gasteiger partial charge in [0, 0.05) is 39.3 Å². The topological polar surface area (TPSA) is 35.6 Å². The Morgan fingerprint density at radius 3 is 2.31 bits per heavy atom. The minimum atomic E-state index is 0.187. The Bertz CT molecular complexity index is 162. The van der Waals surface area contributed by atoms with E-state index in [-0.39, 0.29) is 6.03 Å². The fourth-order valence-corrected chi connectivity index (χ4v) is 1.55. The van der Waals surface area contributed by atoms with Crippen molar-refractivity contribution in [2.24, 2.45) is 0 Å². The van der Waals surface area contributed by atoms with Gasteiger partial charge in [0.1, 0.15) is 0 Å². The molecule has 1 fully saturated rings. The summed E-state index contributed by atoms with van der Waals surface area (Å²) in [6.45, 7) is 9.18. The van der Waals surface area contributed by atoms with Gasteiger partial charge in [-0.25, -0.2) is 4.79 Å². The molecule has 0 unspecified atom stereocenters. The number of carbonyl (C=O) groups excluding carboxylic acids is 1. The van der Waals surface area contributed by atoms with Crippen LogP contribution in [0.5, 0.6) is 0 Å². The molecule has 0 aromatic heterocycles. The molecule has 1 N–H and O–H groups in total. The maximum Gasteiger partial charge on any atom is 0.320 e. The summed E-state index contributed by atoms with van der Waals surface area (Å²) in [6, 6.07) is 0.187. The average Bonchev–Trinajstić information content (AvgIpc) is 2.21. The largest absolute Gasteiger partial charge is 0.325 e. The molecular weight excluding hydrogens is 166 g/mol. The lowest BCUT2D eigenvalue weighted by Gasteiger charge is -2.32. The molecule has 1 aliphatic rings. The molecule has 76 valence electrons. The third kappa shape index (κ3) is 2.59. The van der Waals surface area contributed by atoms with E-state index >= 15 is 0 Å². The van der Waals surface area contributed by atoms with Gasteiger partial charge in [-0.1, -0.05) is 0 Å². The first-order valence-corrected chi connectivity index (χ1v) is 5.04. The summed E-state index contributed by atoms with van der Waals surface area (Å²) in [5, 5.41) is 3.23. The highest BCUT2D eigenvalue weighted by Crippen LogP contribution is 2.00. The first-order chi connectivity index (χ1) is 6.29. The van der Waals surface area contributed by atoms with Crippen LogP contribution >= 0.6 is 0 Å². The van der Waals surface area contributed by atoms with E-state index in [2.05, 4.69) is 5.32 Å². The van der Waals surface area contributed by atoms with E-state index in [1.807, 2.05) is 23.6 Å². The van der Waals surface area contributed by atoms with Crippen LogP contribution in [0, 0.1) is 0 Å². The average molecular weight is 185 g/mol. The predicted octanol–water partition coefficient (Wildman–Crippen LogP) is 0.353. The van der Waals surface area contributed by atoms with E-state index in [1.54, 1.807) is 0 Å². The minimum Gasteiger partial charge on any atom is -0.325 e. The zero-order valence-electron chi connectivity index (χ0n) is 8.55. The highest BCUT2D eigenvalue weighted by Gasteiger charge is 2.19. The molecule has 1 aliphatic heterocycles. The maximum absolute atomic E-state index is 11.8. The van der Waals surface area contributed by atoms with Gasteiger partial charge in [-0.3, -0.25) is 0 Å². The van der Waals surface area contributed by atoms with Gasteiger partial charge in [-0.05, 0) is 13.8 Å². The van der Waals surface area contributed by atoms with Crippen LogP contribution in [0.25, 0.3) is 0 Å². The normalized spacial score (nSPS) is 17.2. The van der Waals surface area contributed by atoms with Crippen LogP contribution < -0.4 is 5.32 Å². The summed E-state index contributed by atoms with van der Waals surface area (Å²) in [6.07, 6.45) is 0. The van der Waals surface area contributed by atoms with Gasteiger partial charge >= 0.3 is 6.03 Å². The summed E-state index contributed by atoms with van der Waals surface area (Å²) in [5.74, 6) is 0. The molecule has 0 aromatic rings. The number of amides is 2. The highest BCUT2D eigenvalue weighted by molar-refractivity contribution is 5.74. The molecule has 13 heavy (non-hydrogen) atoms.